The van der Waals surface area contributed by atoms with Crippen LogP contribution in [0.15, 0.2) is 35.5 Å². The van der Waals surface area contributed by atoms with Crippen LogP contribution < -0.4 is 15.4 Å². The maximum Gasteiger partial charge on any atom is 0.191 e. The Kier molecular flexibility index (Phi) is 6.12. The van der Waals surface area contributed by atoms with Crippen molar-refractivity contribution in [2.45, 2.75) is 32.5 Å². The van der Waals surface area contributed by atoms with Crippen molar-refractivity contribution in [1.29, 1.82) is 0 Å². The first-order valence-corrected chi connectivity index (χ1v) is 8.91. The van der Waals surface area contributed by atoms with Crippen LogP contribution in [0, 0.1) is 6.92 Å². The highest BCUT2D eigenvalue weighted by atomic mass is 16.5. The van der Waals surface area contributed by atoms with Gasteiger partial charge in [-0.15, -0.1) is 0 Å². The maximum atomic E-state index is 6.15. The van der Waals surface area contributed by atoms with Crippen LogP contribution in [0.3, 0.4) is 0 Å². The number of rotatable bonds is 6. The molecule has 0 radical (unpaired) electrons. The Morgan fingerprint density at radius 1 is 1.35 bits per heavy atom. The lowest BCUT2D eigenvalue weighted by molar-refractivity contribution is 0.140. The minimum atomic E-state index is 0.137. The van der Waals surface area contributed by atoms with E-state index in [0.717, 1.165) is 36.0 Å². The summed E-state index contributed by atoms with van der Waals surface area (Å²) in [6.07, 6.45) is 2.86. The molecule has 0 spiro atoms. The van der Waals surface area contributed by atoms with Crippen molar-refractivity contribution in [2.24, 2.45) is 12.0 Å². The molecular weight excluding hydrogens is 330 g/mol. The molecule has 1 fully saturated rings. The summed E-state index contributed by atoms with van der Waals surface area (Å²) in [6.45, 7) is 4.80. The molecule has 1 aliphatic rings. The molecule has 7 heteroatoms. The molecular formula is C19H27N5O2. The zero-order valence-corrected chi connectivity index (χ0v) is 15.7. The first-order chi connectivity index (χ1) is 12.7. The lowest BCUT2D eigenvalue weighted by atomic mass is 10.1. The third-order valence-corrected chi connectivity index (χ3v) is 4.43. The first-order valence-electron chi connectivity index (χ1n) is 8.91. The van der Waals surface area contributed by atoms with Crippen molar-refractivity contribution >= 4 is 5.96 Å². The number of nitrogens with zero attached hydrogens (tertiary/aromatic N) is 3. The van der Waals surface area contributed by atoms with Gasteiger partial charge in [0.25, 0.3) is 0 Å². The Labute approximate surface area is 154 Å². The van der Waals surface area contributed by atoms with Gasteiger partial charge in [-0.3, -0.25) is 9.67 Å². The van der Waals surface area contributed by atoms with Crippen molar-refractivity contribution in [3.05, 3.63) is 47.3 Å². The number of hydrogen-bond acceptors (Lipinski definition) is 4. The SMILES string of the molecule is CN=C(NCc1ccc(C)cc1OC1CCOC1)NCc1ccnn1C. The first kappa shape index (κ1) is 18.3. The minimum absolute atomic E-state index is 0.137. The van der Waals surface area contributed by atoms with E-state index in [1.54, 1.807) is 13.2 Å². The van der Waals surface area contributed by atoms with E-state index in [1.165, 1.54) is 5.56 Å². The van der Waals surface area contributed by atoms with Crippen molar-refractivity contribution in [1.82, 2.24) is 20.4 Å². The molecule has 1 unspecified atom stereocenters. The lowest BCUT2D eigenvalue weighted by Crippen LogP contribution is -2.36. The molecule has 0 bridgehead atoms. The topological polar surface area (TPSA) is 72.7 Å². The summed E-state index contributed by atoms with van der Waals surface area (Å²) in [5.74, 6) is 1.65. The average Bonchev–Trinajstić information content (AvgIpc) is 3.28. The van der Waals surface area contributed by atoms with Crippen molar-refractivity contribution in [3.8, 4) is 5.75 Å². The minimum Gasteiger partial charge on any atom is -0.488 e. The molecule has 0 aliphatic carbocycles. The van der Waals surface area contributed by atoms with Gasteiger partial charge in [-0.05, 0) is 24.6 Å². The highest BCUT2D eigenvalue weighted by molar-refractivity contribution is 5.79. The quantitative estimate of drug-likeness (QED) is 0.609. The molecule has 140 valence electrons. The molecule has 1 aromatic carbocycles. The van der Waals surface area contributed by atoms with Gasteiger partial charge in [-0.1, -0.05) is 12.1 Å². The van der Waals surface area contributed by atoms with E-state index in [2.05, 4.69) is 45.8 Å². The Hall–Kier alpha value is -2.54. The van der Waals surface area contributed by atoms with Crippen LogP contribution in [0.5, 0.6) is 5.75 Å². The van der Waals surface area contributed by atoms with Gasteiger partial charge in [-0.25, -0.2) is 0 Å². The number of aryl methyl sites for hydroxylation is 2. The van der Waals surface area contributed by atoms with E-state index in [0.29, 0.717) is 19.7 Å². The van der Waals surface area contributed by atoms with E-state index >= 15 is 0 Å². The fraction of sp³-hybridized carbons (Fsp3) is 0.474. The Balaban J connectivity index is 1.59. The molecule has 2 N–H and O–H groups in total. The third-order valence-electron chi connectivity index (χ3n) is 4.43. The van der Waals surface area contributed by atoms with Crippen molar-refractivity contribution in [3.63, 3.8) is 0 Å². The zero-order valence-electron chi connectivity index (χ0n) is 15.7. The monoisotopic (exact) mass is 357 g/mol. The summed E-state index contributed by atoms with van der Waals surface area (Å²) in [5, 5.41) is 10.8. The number of aliphatic imine (C=N–C) groups is 1. The number of ether oxygens (including phenoxy) is 2. The van der Waals surface area contributed by atoms with E-state index in [1.807, 2.05) is 17.8 Å². The van der Waals surface area contributed by atoms with Crippen LogP contribution in [-0.2, 0) is 24.9 Å². The number of hydrogen-bond donors (Lipinski definition) is 2. The zero-order chi connectivity index (χ0) is 18.4. The molecule has 26 heavy (non-hydrogen) atoms. The van der Waals surface area contributed by atoms with Crippen LogP contribution in [-0.4, -0.2) is 42.1 Å². The summed E-state index contributed by atoms with van der Waals surface area (Å²) in [4.78, 5) is 4.29. The van der Waals surface area contributed by atoms with E-state index in [4.69, 9.17) is 9.47 Å². The standard InChI is InChI=1S/C19H27N5O2/c1-14-4-5-15(18(10-14)26-17-7-9-25-13-17)11-21-19(20-2)22-12-16-6-8-23-24(16)3/h4-6,8,10,17H,7,9,11-13H2,1-3H3,(H2,20,21,22). The number of aromatic nitrogens is 2. The van der Waals surface area contributed by atoms with Crippen LogP contribution in [0.2, 0.25) is 0 Å². The molecule has 0 amide bonds. The summed E-state index contributed by atoms with van der Waals surface area (Å²) in [6, 6.07) is 8.26. The van der Waals surface area contributed by atoms with Crippen LogP contribution in [0.1, 0.15) is 23.2 Å². The van der Waals surface area contributed by atoms with Gasteiger partial charge in [0.2, 0.25) is 0 Å². The molecule has 0 saturated carbocycles. The van der Waals surface area contributed by atoms with E-state index < -0.39 is 0 Å². The van der Waals surface area contributed by atoms with Crippen LogP contribution >= 0.6 is 0 Å². The van der Waals surface area contributed by atoms with Gasteiger partial charge < -0.3 is 20.1 Å². The lowest BCUT2D eigenvalue weighted by Gasteiger charge is -2.18. The molecule has 2 heterocycles. The van der Waals surface area contributed by atoms with Gasteiger partial charge in [0.1, 0.15) is 11.9 Å². The number of benzene rings is 1. The van der Waals surface area contributed by atoms with Gasteiger partial charge in [0.05, 0.1) is 25.5 Å². The maximum absolute atomic E-state index is 6.15. The average molecular weight is 357 g/mol. The predicted molar refractivity (Wildman–Crippen MR) is 101 cm³/mol. The second kappa shape index (κ2) is 8.71. The molecule has 3 rings (SSSR count). The van der Waals surface area contributed by atoms with Crippen molar-refractivity contribution < 1.29 is 9.47 Å². The molecule has 1 aromatic heterocycles. The Morgan fingerprint density at radius 3 is 2.88 bits per heavy atom. The highest BCUT2D eigenvalue weighted by Gasteiger charge is 2.18. The molecule has 7 nitrogen and oxygen atoms in total. The molecule has 1 atom stereocenters. The van der Waals surface area contributed by atoms with Crippen LogP contribution in [0.4, 0.5) is 0 Å². The predicted octanol–water partition coefficient (Wildman–Crippen LogP) is 1.76. The van der Waals surface area contributed by atoms with Gasteiger partial charge in [0.15, 0.2) is 5.96 Å². The Bertz CT molecular complexity index is 750. The van der Waals surface area contributed by atoms with E-state index in [9.17, 15) is 0 Å². The summed E-state index contributed by atoms with van der Waals surface area (Å²) < 4.78 is 13.4. The van der Waals surface area contributed by atoms with Crippen molar-refractivity contribution in [2.75, 3.05) is 20.3 Å². The molecule has 1 saturated heterocycles. The number of nitrogens with one attached hydrogen (secondary N) is 2. The smallest absolute Gasteiger partial charge is 0.191 e. The molecule has 1 aliphatic heterocycles. The largest absolute Gasteiger partial charge is 0.488 e. The molecule has 2 aromatic rings. The second-order valence-electron chi connectivity index (χ2n) is 6.44. The highest BCUT2D eigenvalue weighted by Crippen LogP contribution is 2.23. The summed E-state index contributed by atoms with van der Waals surface area (Å²) >= 11 is 0. The van der Waals surface area contributed by atoms with Gasteiger partial charge >= 0.3 is 0 Å². The summed E-state index contributed by atoms with van der Waals surface area (Å²) in [7, 11) is 3.69. The fourth-order valence-corrected chi connectivity index (χ4v) is 2.85. The summed E-state index contributed by atoms with van der Waals surface area (Å²) in [5.41, 5.74) is 3.38. The Morgan fingerprint density at radius 2 is 2.19 bits per heavy atom. The van der Waals surface area contributed by atoms with Gasteiger partial charge in [0, 0.05) is 38.8 Å². The van der Waals surface area contributed by atoms with Gasteiger partial charge in [-0.2, -0.15) is 5.10 Å². The van der Waals surface area contributed by atoms with E-state index in [-0.39, 0.29) is 6.10 Å². The van der Waals surface area contributed by atoms with Crippen LogP contribution in [0.25, 0.3) is 0 Å². The number of guanidine groups is 1. The fourth-order valence-electron chi connectivity index (χ4n) is 2.85. The normalized spacial score (nSPS) is 17.3. The second-order valence-corrected chi connectivity index (χ2v) is 6.44. The third kappa shape index (κ3) is 4.76.